The summed E-state index contributed by atoms with van der Waals surface area (Å²) in [5, 5.41) is 14.9. The Bertz CT molecular complexity index is 761. The molecule has 1 unspecified atom stereocenters. The van der Waals surface area contributed by atoms with Crippen molar-refractivity contribution in [3.63, 3.8) is 0 Å². The average Bonchev–Trinajstić information content (AvgIpc) is 2.54. The van der Waals surface area contributed by atoms with Gasteiger partial charge in [0.25, 0.3) is 5.70 Å². The number of nitrogens with zero attached hydrogens (tertiary/aromatic N) is 1. The van der Waals surface area contributed by atoms with Crippen molar-refractivity contribution in [1.82, 2.24) is 5.32 Å². The number of nitrogens with one attached hydrogen (secondary N) is 1. The Labute approximate surface area is 156 Å². The highest BCUT2D eigenvalue weighted by atomic mass is 35.5. The van der Waals surface area contributed by atoms with Crippen molar-refractivity contribution < 1.29 is 14.5 Å². The molecular formula is C17H19ClN2O4S. The lowest BCUT2D eigenvalue weighted by Crippen LogP contribution is -2.31. The van der Waals surface area contributed by atoms with Crippen molar-refractivity contribution in [3.05, 3.63) is 67.6 Å². The summed E-state index contributed by atoms with van der Waals surface area (Å²) in [4.78, 5) is 23.8. The highest BCUT2D eigenvalue weighted by Gasteiger charge is 2.41. The van der Waals surface area contributed by atoms with Gasteiger partial charge >= 0.3 is 5.97 Å². The van der Waals surface area contributed by atoms with Crippen molar-refractivity contribution in [2.24, 2.45) is 0 Å². The van der Waals surface area contributed by atoms with Crippen LogP contribution in [0.15, 0.2) is 46.9 Å². The first-order chi connectivity index (χ1) is 11.9. The second-order valence-corrected chi connectivity index (χ2v) is 6.45. The van der Waals surface area contributed by atoms with Crippen LogP contribution in [-0.4, -0.2) is 23.3 Å². The summed E-state index contributed by atoms with van der Waals surface area (Å²) in [5.74, 6) is -0.909. The molecule has 1 aromatic carbocycles. The Balaban J connectivity index is 2.54. The Kier molecular flexibility index (Phi) is 6.50. The van der Waals surface area contributed by atoms with E-state index in [1.165, 1.54) is 0 Å². The number of thiol groups is 1. The SMILES string of the molecule is CC1=C(C(=O)OCCCS)C(c2ccccc2Cl)C([N+](=O)[O-])=C(C)N1. The maximum atomic E-state index is 12.6. The van der Waals surface area contributed by atoms with Gasteiger partial charge in [-0.25, -0.2) is 4.79 Å². The van der Waals surface area contributed by atoms with Gasteiger partial charge in [-0.15, -0.1) is 0 Å². The number of carbonyl (C=O) groups is 1. The molecule has 1 N–H and O–H groups in total. The molecule has 0 fully saturated rings. The first-order valence-electron chi connectivity index (χ1n) is 7.73. The number of ether oxygens (including phenoxy) is 1. The van der Waals surface area contributed by atoms with E-state index in [-0.39, 0.29) is 17.9 Å². The van der Waals surface area contributed by atoms with Crippen molar-refractivity contribution in [2.75, 3.05) is 12.4 Å². The summed E-state index contributed by atoms with van der Waals surface area (Å²) >= 11 is 10.3. The molecule has 6 nitrogen and oxygen atoms in total. The Morgan fingerprint density at radius 3 is 2.64 bits per heavy atom. The minimum absolute atomic E-state index is 0.111. The molecule has 2 rings (SSSR count). The van der Waals surface area contributed by atoms with Crippen LogP contribution in [-0.2, 0) is 9.53 Å². The van der Waals surface area contributed by atoms with Gasteiger partial charge < -0.3 is 10.1 Å². The van der Waals surface area contributed by atoms with Gasteiger partial charge in [-0.2, -0.15) is 12.6 Å². The molecule has 0 radical (unpaired) electrons. The summed E-state index contributed by atoms with van der Waals surface area (Å²) in [5.41, 5.74) is 1.48. The highest BCUT2D eigenvalue weighted by molar-refractivity contribution is 7.80. The monoisotopic (exact) mass is 382 g/mol. The predicted octanol–water partition coefficient (Wildman–Crippen LogP) is 3.67. The van der Waals surface area contributed by atoms with Crippen LogP contribution in [0.3, 0.4) is 0 Å². The summed E-state index contributed by atoms with van der Waals surface area (Å²) in [6, 6.07) is 6.79. The zero-order valence-electron chi connectivity index (χ0n) is 13.9. The van der Waals surface area contributed by atoms with Gasteiger partial charge in [-0.1, -0.05) is 29.8 Å². The van der Waals surface area contributed by atoms with Gasteiger partial charge in [-0.05, 0) is 37.7 Å². The van der Waals surface area contributed by atoms with Crippen molar-refractivity contribution >= 4 is 30.2 Å². The largest absolute Gasteiger partial charge is 0.462 e. The molecule has 1 aliphatic heterocycles. The molecule has 0 saturated heterocycles. The molecule has 0 saturated carbocycles. The fourth-order valence-corrected chi connectivity index (χ4v) is 3.19. The van der Waals surface area contributed by atoms with Crippen LogP contribution in [0.5, 0.6) is 0 Å². The Morgan fingerprint density at radius 1 is 1.36 bits per heavy atom. The Hall–Kier alpha value is -1.99. The topological polar surface area (TPSA) is 81.5 Å². The molecule has 1 aromatic rings. The van der Waals surface area contributed by atoms with E-state index in [1.807, 2.05) is 0 Å². The van der Waals surface area contributed by atoms with E-state index in [4.69, 9.17) is 16.3 Å². The van der Waals surface area contributed by atoms with Crippen LogP contribution in [0.4, 0.5) is 0 Å². The van der Waals surface area contributed by atoms with E-state index in [0.717, 1.165) is 0 Å². The first kappa shape index (κ1) is 19.3. The number of halogens is 1. The van der Waals surface area contributed by atoms with Crippen LogP contribution in [0, 0.1) is 10.1 Å². The molecule has 0 aromatic heterocycles. The standard InChI is InChI=1S/C17H19ClN2O4S/c1-10-14(17(21)24-8-5-9-25)15(12-6-3-4-7-13(12)18)16(20(22)23)11(2)19-10/h3-4,6-7,15,19,25H,5,8-9H2,1-2H3. The Morgan fingerprint density at radius 2 is 2.04 bits per heavy atom. The van der Waals surface area contributed by atoms with E-state index in [1.54, 1.807) is 38.1 Å². The van der Waals surface area contributed by atoms with Gasteiger partial charge in [-0.3, -0.25) is 10.1 Å². The molecule has 25 heavy (non-hydrogen) atoms. The van der Waals surface area contributed by atoms with Crippen molar-refractivity contribution in [3.8, 4) is 0 Å². The number of dihydropyridines is 1. The third kappa shape index (κ3) is 4.16. The van der Waals surface area contributed by atoms with Gasteiger partial charge in [0.15, 0.2) is 0 Å². The van der Waals surface area contributed by atoms with Crippen molar-refractivity contribution in [2.45, 2.75) is 26.2 Å². The van der Waals surface area contributed by atoms with E-state index in [2.05, 4.69) is 17.9 Å². The first-order valence-corrected chi connectivity index (χ1v) is 8.74. The van der Waals surface area contributed by atoms with Gasteiger partial charge in [0, 0.05) is 10.7 Å². The van der Waals surface area contributed by atoms with Gasteiger partial charge in [0.05, 0.1) is 22.8 Å². The van der Waals surface area contributed by atoms with Crippen molar-refractivity contribution in [1.29, 1.82) is 0 Å². The minimum atomic E-state index is -0.895. The molecule has 1 aliphatic rings. The summed E-state index contributed by atoms with van der Waals surface area (Å²) in [6.45, 7) is 3.50. The van der Waals surface area contributed by atoms with Crippen LogP contribution in [0.1, 0.15) is 31.7 Å². The highest BCUT2D eigenvalue weighted by Crippen LogP contribution is 2.41. The number of allylic oxidation sites excluding steroid dienone is 3. The fourth-order valence-electron chi connectivity index (χ4n) is 2.81. The molecule has 1 atom stereocenters. The molecule has 8 heteroatoms. The molecule has 0 amide bonds. The maximum absolute atomic E-state index is 12.6. The minimum Gasteiger partial charge on any atom is -0.462 e. The molecular weight excluding hydrogens is 364 g/mol. The number of benzene rings is 1. The molecule has 0 spiro atoms. The number of rotatable bonds is 6. The molecule has 0 bridgehead atoms. The van der Waals surface area contributed by atoms with Crippen LogP contribution < -0.4 is 5.32 Å². The van der Waals surface area contributed by atoms with Crippen LogP contribution >= 0.6 is 24.2 Å². The lowest BCUT2D eigenvalue weighted by molar-refractivity contribution is -0.431. The third-order valence-corrected chi connectivity index (χ3v) is 4.55. The number of carbonyl (C=O) groups excluding carboxylic acids is 1. The predicted molar refractivity (Wildman–Crippen MR) is 99.2 cm³/mol. The number of nitro groups is 1. The lowest BCUT2D eigenvalue weighted by atomic mass is 9.84. The summed E-state index contributed by atoms with van der Waals surface area (Å²) < 4.78 is 5.27. The van der Waals surface area contributed by atoms with Crippen LogP contribution in [0.2, 0.25) is 5.02 Å². The quantitative estimate of drug-likeness (QED) is 0.258. The average molecular weight is 383 g/mol. The lowest BCUT2D eigenvalue weighted by Gasteiger charge is -2.27. The zero-order chi connectivity index (χ0) is 18.6. The third-order valence-electron chi connectivity index (χ3n) is 3.89. The number of esters is 1. The summed E-state index contributed by atoms with van der Waals surface area (Å²) in [6.07, 6.45) is 0.600. The second-order valence-electron chi connectivity index (χ2n) is 5.60. The van der Waals surface area contributed by atoms with E-state index < -0.39 is 16.8 Å². The maximum Gasteiger partial charge on any atom is 0.336 e. The van der Waals surface area contributed by atoms with Gasteiger partial charge in [0.1, 0.15) is 5.92 Å². The van der Waals surface area contributed by atoms with Gasteiger partial charge in [0.2, 0.25) is 0 Å². The number of hydrogen-bond acceptors (Lipinski definition) is 6. The van der Waals surface area contributed by atoms with Crippen LogP contribution in [0.25, 0.3) is 0 Å². The molecule has 1 heterocycles. The summed E-state index contributed by atoms with van der Waals surface area (Å²) in [7, 11) is 0. The van der Waals surface area contributed by atoms with E-state index >= 15 is 0 Å². The zero-order valence-corrected chi connectivity index (χ0v) is 15.6. The normalized spacial score (nSPS) is 17.4. The van der Waals surface area contributed by atoms with E-state index in [9.17, 15) is 14.9 Å². The number of hydrogen-bond donors (Lipinski definition) is 2. The van der Waals surface area contributed by atoms with E-state index in [0.29, 0.717) is 34.2 Å². The fraction of sp³-hybridized carbons (Fsp3) is 0.353. The second kappa shape index (κ2) is 8.40. The smallest absolute Gasteiger partial charge is 0.336 e. The molecule has 134 valence electrons. The molecule has 0 aliphatic carbocycles.